The van der Waals surface area contributed by atoms with Gasteiger partial charge in [-0.3, -0.25) is 0 Å². The molecule has 1 fully saturated rings. The highest BCUT2D eigenvalue weighted by Gasteiger charge is 2.33. The zero-order valence-electron chi connectivity index (χ0n) is 13.6. The van der Waals surface area contributed by atoms with Crippen LogP contribution in [-0.2, 0) is 13.0 Å². The van der Waals surface area contributed by atoms with Crippen LogP contribution < -0.4 is 5.32 Å². The van der Waals surface area contributed by atoms with Crippen molar-refractivity contribution in [3.05, 3.63) is 17.2 Å². The van der Waals surface area contributed by atoms with Crippen LogP contribution in [0.3, 0.4) is 0 Å². The van der Waals surface area contributed by atoms with Crippen molar-refractivity contribution in [2.45, 2.75) is 64.5 Å². The molecule has 114 valence electrons. The number of aryl methyl sites for hydroxylation is 2. The molecule has 4 nitrogen and oxygen atoms in total. The average molecular weight is 278 g/mol. The van der Waals surface area contributed by atoms with E-state index in [1.54, 1.807) is 0 Å². The van der Waals surface area contributed by atoms with Crippen molar-refractivity contribution in [1.29, 1.82) is 0 Å². The number of nitrogens with zero attached hydrogens (tertiary/aromatic N) is 2. The Morgan fingerprint density at radius 2 is 1.95 bits per heavy atom. The van der Waals surface area contributed by atoms with Gasteiger partial charge in [-0.05, 0) is 33.9 Å². The van der Waals surface area contributed by atoms with Gasteiger partial charge in [0.25, 0.3) is 0 Å². The van der Waals surface area contributed by atoms with E-state index in [4.69, 9.17) is 0 Å². The largest absolute Gasteiger partial charge is 0.346 e. The molecule has 1 heterocycles. The third-order valence-corrected chi connectivity index (χ3v) is 4.85. The van der Waals surface area contributed by atoms with Gasteiger partial charge in [-0.15, -0.1) is 0 Å². The smallest absolute Gasteiger partial charge is 0.106 e. The Balaban J connectivity index is 1.91. The first-order valence-corrected chi connectivity index (χ1v) is 8.00. The molecule has 0 bridgehead atoms. The average Bonchev–Trinajstić information content (AvgIpc) is 2.80. The molecular weight excluding hydrogens is 248 g/mol. The minimum atomic E-state index is 0.343. The topological polar surface area (TPSA) is 44.0 Å². The van der Waals surface area contributed by atoms with Crippen molar-refractivity contribution in [2.75, 3.05) is 20.6 Å². The fourth-order valence-corrected chi connectivity index (χ4v) is 3.31. The van der Waals surface area contributed by atoms with E-state index in [9.17, 15) is 0 Å². The number of rotatable bonds is 6. The summed E-state index contributed by atoms with van der Waals surface area (Å²) in [5, 5.41) is 3.65. The van der Waals surface area contributed by atoms with E-state index in [0.717, 1.165) is 25.3 Å². The van der Waals surface area contributed by atoms with Gasteiger partial charge in [0.1, 0.15) is 5.82 Å². The summed E-state index contributed by atoms with van der Waals surface area (Å²) in [6.07, 6.45) is 7.72. The third kappa shape index (κ3) is 3.41. The maximum absolute atomic E-state index is 4.65. The lowest BCUT2D eigenvalue weighted by molar-refractivity contribution is 0.0983. The van der Waals surface area contributed by atoms with E-state index in [1.807, 2.05) is 0 Å². The molecular formula is C16H30N4. The van der Waals surface area contributed by atoms with E-state index in [2.05, 4.69) is 48.1 Å². The number of H-pyrrole nitrogens is 1. The minimum absolute atomic E-state index is 0.343. The lowest BCUT2D eigenvalue weighted by Gasteiger charge is -2.43. The summed E-state index contributed by atoms with van der Waals surface area (Å²) in [5.41, 5.74) is 2.72. The van der Waals surface area contributed by atoms with Gasteiger partial charge in [0, 0.05) is 30.7 Å². The number of imidazole rings is 1. The molecule has 1 aromatic rings. The Hall–Kier alpha value is -0.870. The summed E-state index contributed by atoms with van der Waals surface area (Å²) in [5.74, 6) is 1.10. The fourth-order valence-electron chi connectivity index (χ4n) is 3.31. The minimum Gasteiger partial charge on any atom is -0.346 e. The van der Waals surface area contributed by atoms with Gasteiger partial charge < -0.3 is 15.2 Å². The molecule has 1 aliphatic carbocycles. The van der Waals surface area contributed by atoms with Crippen LogP contribution in [0.1, 0.15) is 56.2 Å². The zero-order valence-corrected chi connectivity index (χ0v) is 13.6. The van der Waals surface area contributed by atoms with Gasteiger partial charge in [-0.2, -0.15) is 0 Å². The van der Waals surface area contributed by atoms with E-state index in [0.29, 0.717) is 5.54 Å². The molecule has 0 spiro atoms. The number of nitrogens with one attached hydrogen (secondary N) is 2. The standard InChI is InChI=1S/C16H30N4/c1-5-15-18-13(2)14(19-15)11-17-12-16(20(3)4)9-7-6-8-10-16/h17H,5-12H2,1-4H3,(H,18,19). The van der Waals surface area contributed by atoms with Gasteiger partial charge in [0.05, 0.1) is 5.69 Å². The summed E-state index contributed by atoms with van der Waals surface area (Å²) in [4.78, 5) is 10.4. The van der Waals surface area contributed by atoms with Crippen LogP contribution in [0.25, 0.3) is 0 Å². The monoisotopic (exact) mass is 278 g/mol. The molecule has 2 N–H and O–H groups in total. The highest BCUT2D eigenvalue weighted by atomic mass is 15.2. The first kappa shape index (κ1) is 15.5. The maximum atomic E-state index is 4.65. The molecule has 1 aromatic heterocycles. The van der Waals surface area contributed by atoms with Gasteiger partial charge in [0.2, 0.25) is 0 Å². The van der Waals surface area contributed by atoms with Crippen molar-refractivity contribution in [3.63, 3.8) is 0 Å². The Morgan fingerprint density at radius 1 is 1.25 bits per heavy atom. The molecule has 0 amide bonds. The zero-order chi connectivity index (χ0) is 14.6. The highest BCUT2D eigenvalue weighted by molar-refractivity contribution is 5.13. The number of aromatic amines is 1. The summed E-state index contributed by atoms with van der Waals surface area (Å²) in [7, 11) is 4.45. The van der Waals surface area contributed by atoms with Crippen LogP contribution in [0.2, 0.25) is 0 Å². The Bertz CT molecular complexity index is 416. The Morgan fingerprint density at radius 3 is 2.50 bits per heavy atom. The molecule has 20 heavy (non-hydrogen) atoms. The SMILES string of the molecule is CCc1nc(CNCC2(N(C)C)CCCCC2)c(C)[nH]1. The summed E-state index contributed by atoms with van der Waals surface area (Å²) >= 11 is 0. The Labute approximate surface area is 123 Å². The second-order valence-corrected chi connectivity index (χ2v) is 6.39. The first-order chi connectivity index (χ1) is 9.57. The van der Waals surface area contributed by atoms with Crippen molar-refractivity contribution in [3.8, 4) is 0 Å². The lowest BCUT2D eigenvalue weighted by atomic mass is 9.80. The molecule has 0 radical (unpaired) electrons. The van der Waals surface area contributed by atoms with E-state index in [1.165, 1.54) is 43.5 Å². The second-order valence-electron chi connectivity index (χ2n) is 6.39. The summed E-state index contributed by atoms with van der Waals surface area (Å²) < 4.78 is 0. The molecule has 2 rings (SSSR count). The summed E-state index contributed by atoms with van der Waals surface area (Å²) in [6.45, 7) is 6.19. The van der Waals surface area contributed by atoms with Gasteiger partial charge in [-0.1, -0.05) is 26.2 Å². The molecule has 1 saturated carbocycles. The molecule has 0 saturated heterocycles. The number of aromatic nitrogens is 2. The fraction of sp³-hybridized carbons (Fsp3) is 0.812. The van der Waals surface area contributed by atoms with Gasteiger partial charge >= 0.3 is 0 Å². The first-order valence-electron chi connectivity index (χ1n) is 8.00. The normalized spacial score (nSPS) is 18.6. The van der Waals surface area contributed by atoms with Crippen molar-refractivity contribution in [1.82, 2.24) is 20.2 Å². The van der Waals surface area contributed by atoms with E-state index >= 15 is 0 Å². The maximum Gasteiger partial charge on any atom is 0.106 e. The molecule has 4 heteroatoms. The highest BCUT2D eigenvalue weighted by Crippen LogP contribution is 2.31. The molecule has 0 aromatic carbocycles. The van der Waals surface area contributed by atoms with E-state index < -0.39 is 0 Å². The molecule has 0 aliphatic heterocycles. The third-order valence-electron chi connectivity index (χ3n) is 4.85. The van der Waals surface area contributed by atoms with Crippen molar-refractivity contribution < 1.29 is 0 Å². The quantitative estimate of drug-likeness (QED) is 0.841. The molecule has 0 unspecified atom stereocenters. The van der Waals surface area contributed by atoms with Crippen LogP contribution in [0, 0.1) is 6.92 Å². The molecule has 1 aliphatic rings. The number of hydrogen-bond acceptors (Lipinski definition) is 3. The number of hydrogen-bond donors (Lipinski definition) is 2. The van der Waals surface area contributed by atoms with Crippen LogP contribution in [0.5, 0.6) is 0 Å². The van der Waals surface area contributed by atoms with Gasteiger partial charge in [-0.25, -0.2) is 4.98 Å². The van der Waals surface area contributed by atoms with Gasteiger partial charge in [0.15, 0.2) is 0 Å². The van der Waals surface area contributed by atoms with Crippen LogP contribution in [0.4, 0.5) is 0 Å². The summed E-state index contributed by atoms with van der Waals surface area (Å²) in [6, 6.07) is 0. The second kappa shape index (κ2) is 6.72. The van der Waals surface area contributed by atoms with Crippen LogP contribution in [-0.4, -0.2) is 41.0 Å². The Kier molecular flexibility index (Phi) is 5.22. The predicted molar refractivity (Wildman–Crippen MR) is 83.9 cm³/mol. The predicted octanol–water partition coefficient (Wildman–Crippen LogP) is 2.63. The van der Waals surface area contributed by atoms with Crippen molar-refractivity contribution in [2.24, 2.45) is 0 Å². The van der Waals surface area contributed by atoms with E-state index in [-0.39, 0.29) is 0 Å². The van der Waals surface area contributed by atoms with Crippen LogP contribution in [0.15, 0.2) is 0 Å². The lowest BCUT2D eigenvalue weighted by Crippen LogP contribution is -2.52. The van der Waals surface area contributed by atoms with Crippen molar-refractivity contribution >= 4 is 0 Å². The van der Waals surface area contributed by atoms with Crippen LogP contribution >= 0.6 is 0 Å². The number of likely N-dealkylation sites (N-methyl/N-ethyl adjacent to an activating group) is 1. The molecule has 0 atom stereocenters.